The third kappa shape index (κ3) is 5.40. The number of H-pyrrole nitrogens is 1. The van der Waals surface area contributed by atoms with E-state index in [-0.39, 0.29) is 5.56 Å². The zero-order chi connectivity index (χ0) is 25.1. The van der Waals surface area contributed by atoms with Gasteiger partial charge in [0.2, 0.25) is 0 Å². The minimum absolute atomic E-state index is 0.191. The van der Waals surface area contributed by atoms with Crippen molar-refractivity contribution in [1.82, 2.24) is 15.3 Å². The fraction of sp³-hybridized carbons (Fsp3) is 0.310. The minimum atomic E-state index is -0.191. The second-order valence-corrected chi connectivity index (χ2v) is 9.96. The highest BCUT2D eigenvalue weighted by molar-refractivity contribution is 6.34. The van der Waals surface area contributed by atoms with E-state index in [9.17, 15) is 4.79 Å². The van der Waals surface area contributed by atoms with Crippen LogP contribution < -0.4 is 20.9 Å². The van der Waals surface area contributed by atoms with Crippen molar-refractivity contribution in [3.8, 4) is 16.9 Å². The van der Waals surface area contributed by atoms with Crippen LogP contribution >= 0.6 is 11.6 Å². The van der Waals surface area contributed by atoms with E-state index in [1.165, 1.54) is 12.8 Å². The van der Waals surface area contributed by atoms with E-state index in [1.807, 2.05) is 44.2 Å². The van der Waals surface area contributed by atoms with Gasteiger partial charge in [-0.3, -0.25) is 9.78 Å². The number of anilines is 2. The Hall–Kier alpha value is -3.35. The normalized spacial score (nSPS) is 15.7. The number of aryl methyl sites for hydroxylation is 2. The molecule has 3 N–H and O–H groups in total. The van der Waals surface area contributed by atoms with Crippen molar-refractivity contribution in [2.75, 3.05) is 18.5 Å². The summed E-state index contributed by atoms with van der Waals surface area (Å²) >= 11 is 6.61. The second kappa shape index (κ2) is 10.7. The summed E-state index contributed by atoms with van der Waals surface area (Å²) in [5, 5.41) is 8.25. The SMILES string of the molecule is Cc1cc(C)cc(-c2c(OCC[C@@H]3CCCCN3)c3cc(Nc4ccncc4)c(Cl)cc3[nH]c2=O)c1. The average molecular weight is 503 g/mol. The van der Waals surface area contributed by atoms with E-state index in [4.69, 9.17) is 16.3 Å². The van der Waals surface area contributed by atoms with Gasteiger partial charge in [0.05, 0.1) is 28.4 Å². The first-order valence-electron chi connectivity index (χ1n) is 12.5. The summed E-state index contributed by atoms with van der Waals surface area (Å²) in [5.41, 5.74) is 5.64. The molecule has 1 saturated heterocycles. The second-order valence-electron chi connectivity index (χ2n) is 9.56. The lowest BCUT2D eigenvalue weighted by molar-refractivity contribution is 0.271. The van der Waals surface area contributed by atoms with Gasteiger partial charge in [-0.2, -0.15) is 0 Å². The fourth-order valence-corrected chi connectivity index (χ4v) is 5.19. The first-order valence-corrected chi connectivity index (χ1v) is 12.9. The molecule has 0 bridgehead atoms. The molecule has 2 aromatic carbocycles. The number of pyridine rings is 2. The number of aromatic nitrogens is 2. The van der Waals surface area contributed by atoms with Crippen molar-refractivity contribution < 1.29 is 4.74 Å². The van der Waals surface area contributed by atoms with E-state index >= 15 is 0 Å². The number of piperidine rings is 1. The summed E-state index contributed by atoms with van der Waals surface area (Å²) in [7, 11) is 0. The number of rotatable bonds is 7. The lowest BCUT2D eigenvalue weighted by Gasteiger charge is -2.24. The monoisotopic (exact) mass is 502 g/mol. The molecule has 1 fully saturated rings. The lowest BCUT2D eigenvalue weighted by atomic mass is 9.99. The number of fused-ring (bicyclic) bond motifs is 1. The number of hydrogen-bond donors (Lipinski definition) is 3. The molecule has 7 heteroatoms. The Kier molecular flexibility index (Phi) is 7.25. The minimum Gasteiger partial charge on any atom is -0.492 e. The topological polar surface area (TPSA) is 79.0 Å². The van der Waals surface area contributed by atoms with Crippen LogP contribution in [0.2, 0.25) is 5.02 Å². The Morgan fingerprint density at radius 2 is 1.86 bits per heavy atom. The Bertz CT molecular complexity index is 1410. The molecule has 3 heterocycles. The molecular formula is C29H31ClN4O2. The smallest absolute Gasteiger partial charge is 0.260 e. The summed E-state index contributed by atoms with van der Waals surface area (Å²) in [6, 6.07) is 14.1. The molecule has 0 amide bonds. The van der Waals surface area contributed by atoms with Gasteiger partial charge >= 0.3 is 0 Å². The number of nitrogens with one attached hydrogen (secondary N) is 3. The molecule has 0 unspecified atom stereocenters. The quantitative estimate of drug-likeness (QED) is 0.268. The summed E-state index contributed by atoms with van der Waals surface area (Å²) in [6.07, 6.45) is 7.94. The first-order chi connectivity index (χ1) is 17.5. The molecule has 5 rings (SSSR count). The lowest BCUT2D eigenvalue weighted by Crippen LogP contribution is -2.35. The molecule has 186 valence electrons. The number of halogens is 1. The predicted octanol–water partition coefficient (Wildman–Crippen LogP) is 6.51. The van der Waals surface area contributed by atoms with Crippen LogP contribution in [0.25, 0.3) is 22.0 Å². The predicted molar refractivity (Wildman–Crippen MR) is 148 cm³/mol. The number of aromatic amines is 1. The summed E-state index contributed by atoms with van der Waals surface area (Å²) < 4.78 is 6.47. The van der Waals surface area contributed by atoms with Crippen LogP contribution in [0.15, 0.2) is 59.7 Å². The van der Waals surface area contributed by atoms with Gasteiger partial charge in [0.1, 0.15) is 5.75 Å². The molecule has 36 heavy (non-hydrogen) atoms. The molecule has 6 nitrogen and oxygen atoms in total. The highest BCUT2D eigenvalue weighted by Gasteiger charge is 2.20. The zero-order valence-electron chi connectivity index (χ0n) is 20.7. The summed E-state index contributed by atoms with van der Waals surface area (Å²) in [5.74, 6) is 0.587. The number of ether oxygens (including phenoxy) is 1. The maximum Gasteiger partial charge on any atom is 0.260 e. The maximum absolute atomic E-state index is 13.4. The molecule has 0 aliphatic carbocycles. The van der Waals surface area contributed by atoms with Gasteiger partial charge < -0.3 is 20.4 Å². The van der Waals surface area contributed by atoms with Crippen LogP contribution in [0, 0.1) is 13.8 Å². The largest absolute Gasteiger partial charge is 0.492 e. The third-order valence-electron chi connectivity index (χ3n) is 6.65. The van der Waals surface area contributed by atoms with Crippen LogP contribution in [-0.4, -0.2) is 29.2 Å². The van der Waals surface area contributed by atoms with Crippen molar-refractivity contribution in [3.63, 3.8) is 0 Å². The molecule has 1 aliphatic heterocycles. The molecule has 0 radical (unpaired) electrons. The van der Waals surface area contributed by atoms with Gasteiger partial charge in [-0.15, -0.1) is 0 Å². The van der Waals surface area contributed by atoms with Crippen LogP contribution in [0.5, 0.6) is 5.75 Å². The molecule has 4 aromatic rings. The maximum atomic E-state index is 13.4. The van der Waals surface area contributed by atoms with E-state index in [2.05, 4.69) is 26.7 Å². The van der Waals surface area contributed by atoms with Crippen LogP contribution in [0.4, 0.5) is 11.4 Å². The van der Waals surface area contributed by atoms with Gasteiger partial charge in [-0.05, 0) is 69.5 Å². The van der Waals surface area contributed by atoms with Gasteiger partial charge in [0, 0.05) is 29.5 Å². The Morgan fingerprint density at radius 3 is 2.58 bits per heavy atom. The van der Waals surface area contributed by atoms with Crippen molar-refractivity contribution in [3.05, 3.63) is 81.4 Å². The Balaban J connectivity index is 1.61. The van der Waals surface area contributed by atoms with Gasteiger partial charge in [-0.25, -0.2) is 0 Å². The molecular weight excluding hydrogens is 472 g/mol. The van der Waals surface area contributed by atoms with Crippen molar-refractivity contribution in [2.45, 2.75) is 45.6 Å². The van der Waals surface area contributed by atoms with Gasteiger partial charge in [-0.1, -0.05) is 47.3 Å². The summed E-state index contributed by atoms with van der Waals surface area (Å²) in [4.78, 5) is 20.5. The number of nitrogens with zero attached hydrogens (tertiary/aromatic N) is 1. The molecule has 1 atom stereocenters. The van der Waals surface area contributed by atoms with Crippen molar-refractivity contribution in [1.29, 1.82) is 0 Å². The number of benzene rings is 2. The number of hydrogen-bond acceptors (Lipinski definition) is 5. The van der Waals surface area contributed by atoms with Crippen molar-refractivity contribution >= 4 is 33.9 Å². The van der Waals surface area contributed by atoms with Gasteiger partial charge in [0.15, 0.2) is 0 Å². The third-order valence-corrected chi connectivity index (χ3v) is 6.96. The Morgan fingerprint density at radius 1 is 1.08 bits per heavy atom. The first kappa shape index (κ1) is 24.3. The standard InChI is InChI=1S/C29H31ClN4O2/c1-18-13-19(2)15-20(14-18)27-28(36-12-8-21-5-3-4-9-32-21)23-16-26(33-22-6-10-31-11-7-22)24(30)17-25(23)34-29(27)35/h6-7,10-11,13-17,21,32H,3-5,8-9,12H2,1-2H3,(H,31,33)(H,34,35)/t21-/m0/s1. The highest BCUT2D eigenvalue weighted by atomic mass is 35.5. The van der Waals surface area contributed by atoms with Crippen molar-refractivity contribution in [2.24, 2.45) is 0 Å². The van der Waals surface area contributed by atoms with E-state index < -0.39 is 0 Å². The van der Waals surface area contributed by atoms with Crippen LogP contribution in [-0.2, 0) is 0 Å². The molecule has 1 aliphatic rings. The van der Waals surface area contributed by atoms with Gasteiger partial charge in [0.25, 0.3) is 5.56 Å². The summed E-state index contributed by atoms with van der Waals surface area (Å²) in [6.45, 7) is 5.65. The highest BCUT2D eigenvalue weighted by Crippen LogP contribution is 2.38. The average Bonchev–Trinajstić information content (AvgIpc) is 2.85. The molecule has 2 aromatic heterocycles. The molecule has 0 saturated carbocycles. The van der Waals surface area contributed by atoms with E-state index in [0.717, 1.165) is 52.8 Å². The van der Waals surface area contributed by atoms with E-state index in [1.54, 1.807) is 18.5 Å². The van der Waals surface area contributed by atoms with Crippen LogP contribution in [0.3, 0.4) is 0 Å². The van der Waals surface area contributed by atoms with E-state index in [0.29, 0.717) is 34.5 Å². The fourth-order valence-electron chi connectivity index (χ4n) is 4.98. The molecule has 0 spiro atoms. The van der Waals surface area contributed by atoms with Crippen LogP contribution in [0.1, 0.15) is 36.8 Å². The Labute approximate surface area is 216 Å². The zero-order valence-corrected chi connectivity index (χ0v) is 21.4.